The first-order chi connectivity index (χ1) is 16.8. The Morgan fingerprint density at radius 1 is 1.14 bits per heavy atom. The lowest BCUT2D eigenvalue weighted by atomic mass is 10.1. The van der Waals surface area contributed by atoms with Crippen molar-refractivity contribution in [2.45, 2.75) is 38.8 Å². The number of aromatic nitrogens is 5. The van der Waals surface area contributed by atoms with Crippen LogP contribution < -0.4 is 11.2 Å². The van der Waals surface area contributed by atoms with Crippen LogP contribution in [0, 0.1) is 0 Å². The van der Waals surface area contributed by atoms with Crippen molar-refractivity contribution in [3.8, 4) is 0 Å². The molecule has 1 atom stereocenters. The highest BCUT2D eigenvalue weighted by Gasteiger charge is 2.38. The van der Waals surface area contributed by atoms with Crippen LogP contribution in [0.3, 0.4) is 0 Å². The number of fused-ring (bicyclic) bond motifs is 2. The van der Waals surface area contributed by atoms with Crippen molar-refractivity contribution in [3.05, 3.63) is 61.6 Å². The minimum absolute atomic E-state index is 0.0240. The molecule has 0 aliphatic heterocycles. The van der Waals surface area contributed by atoms with Gasteiger partial charge in [0.15, 0.2) is 11.2 Å². The topological polar surface area (TPSA) is 130 Å². The van der Waals surface area contributed by atoms with Crippen LogP contribution in [0.25, 0.3) is 22.1 Å². The van der Waals surface area contributed by atoms with Gasteiger partial charge in [0.25, 0.3) is 5.56 Å². The molecule has 0 saturated carbocycles. The molecule has 0 aliphatic carbocycles. The fourth-order valence-corrected chi connectivity index (χ4v) is 4.30. The predicted molar refractivity (Wildman–Crippen MR) is 133 cm³/mol. The van der Waals surface area contributed by atoms with Gasteiger partial charge in [0.05, 0.1) is 13.7 Å². The number of hydrogen-bond acceptors (Lipinski definition) is 7. The number of nitrogens with one attached hydrogen (secondary N) is 1. The summed E-state index contributed by atoms with van der Waals surface area (Å²) in [6.07, 6.45) is 0. The summed E-state index contributed by atoms with van der Waals surface area (Å²) < 4.78 is 13.8. The number of halogens is 1. The van der Waals surface area contributed by atoms with Crippen LogP contribution >= 0.6 is 11.6 Å². The molecule has 12 heteroatoms. The molecule has 4 aromatic rings. The second-order valence-electron chi connectivity index (χ2n) is 9.42. The average molecular weight is 516 g/mol. The zero-order valence-electron chi connectivity index (χ0n) is 20.7. The van der Waals surface area contributed by atoms with E-state index in [1.165, 1.54) is 23.2 Å². The number of nitrogens with zero attached hydrogens (tertiary/aromatic N) is 4. The van der Waals surface area contributed by atoms with Gasteiger partial charge in [-0.05, 0) is 39.0 Å². The quantitative estimate of drug-likeness (QED) is 0.318. The van der Waals surface area contributed by atoms with E-state index in [0.29, 0.717) is 10.7 Å². The molecule has 0 amide bonds. The van der Waals surface area contributed by atoms with Crippen molar-refractivity contribution >= 4 is 45.6 Å². The molecular weight excluding hydrogens is 490 g/mol. The number of esters is 2. The van der Waals surface area contributed by atoms with Gasteiger partial charge >= 0.3 is 17.6 Å². The van der Waals surface area contributed by atoms with Crippen molar-refractivity contribution in [1.82, 2.24) is 23.7 Å². The van der Waals surface area contributed by atoms with Crippen LogP contribution in [-0.4, -0.2) is 48.3 Å². The van der Waals surface area contributed by atoms with Crippen LogP contribution in [0.5, 0.6) is 0 Å². The highest BCUT2D eigenvalue weighted by atomic mass is 35.5. The minimum Gasteiger partial charge on any atom is -0.468 e. The van der Waals surface area contributed by atoms with Crippen LogP contribution in [0.2, 0.25) is 5.02 Å². The first-order valence-corrected chi connectivity index (χ1v) is 11.4. The number of ether oxygens (including phenoxy) is 2. The van der Waals surface area contributed by atoms with E-state index in [1.54, 1.807) is 39.0 Å². The van der Waals surface area contributed by atoms with Gasteiger partial charge in [0.2, 0.25) is 5.92 Å². The van der Waals surface area contributed by atoms with Crippen LogP contribution in [0.1, 0.15) is 38.2 Å². The molecule has 36 heavy (non-hydrogen) atoms. The molecule has 3 aromatic heterocycles. The second kappa shape index (κ2) is 8.98. The molecular formula is C24H26ClN5O6. The summed E-state index contributed by atoms with van der Waals surface area (Å²) in [4.78, 5) is 59.6. The van der Waals surface area contributed by atoms with Gasteiger partial charge in [0.1, 0.15) is 11.4 Å². The zero-order chi connectivity index (χ0) is 26.5. The monoisotopic (exact) mass is 515 g/mol. The summed E-state index contributed by atoms with van der Waals surface area (Å²) in [7, 11) is 4.08. The van der Waals surface area contributed by atoms with E-state index < -0.39 is 34.7 Å². The number of aryl methyl sites for hydroxylation is 2. The number of aromatic amines is 1. The number of hydrogen-bond donors (Lipinski definition) is 1. The molecule has 0 radical (unpaired) electrons. The lowest BCUT2D eigenvalue weighted by Gasteiger charge is -2.22. The standard InChI is InChI=1S/C24H26ClN5O6/c1-24(2,3)36-22(33)16(21(32)35-6)18-27-19-17(28(18)4)20(31)30(23(34)29(19)5)11-12-10-13-14(25)8-7-9-15(13)26-12/h7-10,16,26H,11H2,1-6H3. The van der Waals surface area contributed by atoms with Gasteiger partial charge in [-0.2, -0.15) is 0 Å². The Bertz CT molecular complexity index is 1640. The summed E-state index contributed by atoms with van der Waals surface area (Å²) in [5.74, 6) is -3.41. The Balaban J connectivity index is 1.88. The number of rotatable bonds is 5. The van der Waals surface area contributed by atoms with E-state index in [-0.39, 0.29) is 23.5 Å². The Hall–Kier alpha value is -3.86. The SMILES string of the molecule is COC(=O)C(C(=O)OC(C)(C)C)c1nc2c(c(=O)n(Cc3cc4c(Cl)cccc4[nH]3)c(=O)n2C)n1C. The van der Waals surface area contributed by atoms with Crippen LogP contribution in [0.15, 0.2) is 33.9 Å². The van der Waals surface area contributed by atoms with Crippen molar-refractivity contribution < 1.29 is 19.1 Å². The van der Waals surface area contributed by atoms with E-state index >= 15 is 0 Å². The summed E-state index contributed by atoms with van der Waals surface area (Å²) in [5.41, 5.74) is -0.698. The summed E-state index contributed by atoms with van der Waals surface area (Å²) in [5, 5.41) is 1.30. The molecule has 190 valence electrons. The maximum absolute atomic E-state index is 13.5. The smallest absolute Gasteiger partial charge is 0.332 e. The number of benzene rings is 1. The molecule has 1 N–H and O–H groups in total. The third-order valence-electron chi connectivity index (χ3n) is 5.73. The van der Waals surface area contributed by atoms with E-state index in [9.17, 15) is 19.2 Å². The van der Waals surface area contributed by atoms with E-state index in [1.807, 2.05) is 6.07 Å². The van der Waals surface area contributed by atoms with Gasteiger partial charge in [-0.15, -0.1) is 0 Å². The van der Waals surface area contributed by atoms with Gasteiger partial charge in [-0.25, -0.2) is 9.78 Å². The third-order valence-corrected chi connectivity index (χ3v) is 6.06. The number of carbonyl (C=O) groups excluding carboxylic acids is 2. The normalized spacial score (nSPS) is 12.8. The van der Waals surface area contributed by atoms with Crippen LogP contribution in [0.4, 0.5) is 0 Å². The Morgan fingerprint density at radius 3 is 2.44 bits per heavy atom. The summed E-state index contributed by atoms with van der Waals surface area (Å²) in [6.45, 7) is 4.93. The Labute approximate surface area is 210 Å². The minimum atomic E-state index is -1.55. The van der Waals surface area contributed by atoms with Crippen molar-refractivity contribution in [3.63, 3.8) is 0 Å². The fourth-order valence-electron chi connectivity index (χ4n) is 4.08. The number of carbonyl (C=O) groups is 2. The lowest BCUT2D eigenvalue weighted by molar-refractivity contribution is -0.163. The molecule has 0 spiro atoms. The van der Waals surface area contributed by atoms with Gasteiger partial charge in [-0.1, -0.05) is 17.7 Å². The highest BCUT2D eigenvalue weighted by Crippen LogP contribution is 2.25. The predicted octanol–water partition coefficient (Wildman–Crippen LogP) is 2.21. The Kier molecular flexibility index (Phi) is 6.29. The zero-order valence-corrected chi connectivity index (χ0v) is 21.5. The van der Waals surface area contributed by atoms with Crippen molar-refractivity contribution in [2.24, 2.45) is 14.1 Å². The molecule has 11 nitrogen and oxygen atoms in total. The van der Waals surface area contributed by atoms with Crippen molar-refractivity contribution in [2.75, 3.05) is 7.11 Å². The first-order valence-electron chi connectivity index (χ1n) is 11.1. The first kappa shape index (κ1) is 25.2. The van der Waals surface area contributed by atoms with Gasteiger partial charge in [0, 0.05) is 35.7 Å². The summed E-state index contributed by atoms with van der Waals surface area (Å²) in [6, 6.07) is 7.16. The number of imidazole rings is 1. The molecule has 0 aliphatic rings. The second-order valence-corrected chi connectivity index (χ2v) is 9.83. The summed E-state index contributed by atoms with van der Waals surface area (Å²) >= 11 is 6.25. The average Bonchev–Trinajstić information content (AvgIpc) is 3.36. The Morgan fingerprint density at radius 2 is 1.83 bits per heavy atom. The fraction of sp³-hybridized carbons (Fsp3) is 0.375. The van der Waals surface area contributed by atoms with Crippen molar-refractivity contribution in [1.29, 1.82) is 0 Å². The van der Waals surface area contributed by atoms with E-state index in [4.69, 9.17) is 21.1 Å². The third kappa shape index (κ3) is 4.30. The number of methoxy groups -OCH3 is 1. The highest BCUT2D eigenvalue weighted by molar-refractivity contribution is 6.35. The molecule has 0 bridgehead atoms. The van der Waals surface area contributed by atoms with E-state index in [0.717, 1.165) is 22.6 Å². The molecule has 1 unspecified atom stereocenters. The molecule has 4 rings (SSSR count). The largest absolute Gasteiger partial charge is 0.468 e. The van der Waals surface area contributed by atoms with Gasteiger partial charge in [-0.3, -0.25) is 23.5 Å². The lowest BCUT2D eigenvalue weighted by Crippen LogP contribution is -2.40. The van der Waals surface area contributed by atoms with E-state index in [2.05, 4.69) is 9.97 Å². The number of H-pyrrole nitrogens is 1. The molecule has 0 fully saturated rings. The maximum Gasteiger partial charge on any atom is 0.332 e. The molecule has 1 aromatic carbocycles. The maximum atomic E-state index is 13.5. The molecule has 0 saturated heterocycles. The van der Waals surface area contributed by atoms with Gasteiger partial charge < -0.3 is 19.0 Å². The van der Waals surface area contributed by atoms with Crippen LogP contribution in [-0.2, 0) is 39.7 Å². The molecule has 3 heterocycles.